The van der Waals surface area contributed by atoms with Gasteiger partial charge in [0.15, 0.2) is 0 Å². The Morgan fingerprint density at radius 3 is 2.05 bits per heavy atom. The van der Waals surface area contributed by atoms with Gasteiger partial charge < -0.3 is 19.7 Å². The zero-order valence-corrected chi connectivity index (χ0v) is 25.2. The highest BCUT2D eigenvalue weighted by Crippen LogP contribution is 2.28. The molecule has 9 nitrogen and oxygen atoms in total. The van der Waals surface area contributed by atoms with Gasteiger partial charge in [-0.2, -0.15) is 0 Å². The summed E-state index contributed by atoms with van der Waals surface area (Å²) in [6.07, 6.45) is 0. The van der Waals surface area contributed by atoms with Crippen LogP contribution in [0.15, 0.2) is 114 Å². The van der Waals surface area contributed by atoms with E-state index in [4.69, 9.17) is 9.47 Å². The molecular weight excluding hydrogens is 566 g/mol. The van der Waals surface area contributed by atoms with Crippen LogP contribution in [-0.2, 0) is 26.2 Å². The molecule has 0 spiro atoms. The van der Waals surface area contributed by atoms with E-state index >= 15 is 0 Å². The molecular formula is C33H35N3O6S. The summed E-state index contributed by atoms with van der Waals surface area (Å²) in [5.74, 6) is 0.834. The zero-order chi connectivity index (χ0) is 30.8. The summed E-state index contributed by atoms with van der Waals surface area (Å²) in [6, 6.07) is 29.9. The molecule has 10 heteroatoms. The number of carbonyl (C=O) groups is 2. The highest BCUT2D eigenvalue weighted by Gasteiger charge is 2.32. The Balaban J connectivity index is 1.69. The monoisotopic (exact) mass is 601 g/mol. The van der Waals surface area contributed by atoms with E-state index < -0.39 is 28.5 Å². The Kier molecular flexibility index (Phi) is 10.4. The van der Waals surface area contributed by atoms with Crippen LogP contribution in [0.25, 0.3) is 0 Å². The first-order valence-corrected chi connectivity index (χ1v) is 15.3. The molecule has 0 fully saturated rings. The summed E-state index contributed by atoms with van der Waals surface area (Å²) >= 11 is 0. The normalized spacial score (nSPS) is 11.7. The number of para-hydroxylation sites is 1. The van der Waals surface area contributed by atoms with Crippen molar-refractivity contribution in [1.82, 2.24) is 10.2 Å². The van der Waals surface area contributed by atoms with E-state index in [0.29, 0.717) is 23.8 Å². The van der Waals surface area contributed by atoms with Gasteiger partial charge in [0.2, 0.25) is 11.8 Å². The minimum Gasteiger partial charge on any atom is -0.497 e. The number of methoxy groups -OCH3 is 1. The number of carbonyl (C=O) groups excluding carboxylic acids is 2. The highest BCUT2D eigenvalue weighted by molar-refractivity contribution is 7.92. The number of sulfonamides is 1. The van der Waals surface area contributed by atoms with Crippen molar-refractivity contribution < 1.29 is 27.5 Å². The topological polar surface area (TPSA) is 105 Å². The molecule has 0 saturated heterocycles. The second-order valence-corrected chi connectivity index (χ2v) is 11.5. The molecule has 0 aromatic heterocycles. The summed E-state index contributed by atoms with van der Waals surface area (Å²) in [5, 5.41) is 2.75. The molecule has 0 aliphatic heterocycles. The van der Waals surface area contributed by atoms with Crippen molar-refractivity contribution in [3.8, 4) is 17.2 Å². The predicted molar refractivity (Wildman–Crippen MR) is 166 cm³/mol. The van der Waals surface area contributed by atoms with Crippen LogP contribution < -0.4 is 19.1 Å². The van der Waals surface area contributed by atoms with Gasteiger partial charge in [-0.05, 0) is 80.1 Å². The maximum Gasteiger partial charge on any atom is 0.264 e. The Morgan fingerprint density at radius 1 is 0.814 bits per heavy atom. The lowest BCUT2D eigenvalue weighted by Crippen LogP contribution is -2.51. The fourth-order valence-electron chi connectivity index (χ4n) is 4.43. The lowest BCUT2D eigenvalue weighted by atomic mass is 10.1. The minimum atomic E-state index is -4.17. The van der Waals surface area contributed by atoms with Crippen molar-refractivity contribution in [2.24, 2.45) is 0 Å². The molecule has 0 unspecified atom stereocenters. The Bertz CT molecular complexity index is 1610. The van der Waals surface area contributed by atoms with E-state index in [1.165, 1.54) is 17.0 Å². The molecule has 1 N–H and O–H groups in total. The summed E-state index contributed by atoms with van der Waals surface area (Å²) in [7, 11) is -2.63. The number of benzene rings is 4. The van der Waals surface area contributed by atoms with Crippen molar-refractivity contribution >= 4 is 27.5 Å². The van der Waals surface area contributed by atoms with Crippen LogP contribution in [0.2, 0.25) is 0 Å². The highest BCUT2D eigenvalue weighted by atomic mass is 32.2. The maximum atomic E-state index is 14.0. The van der Waals surface area contributed by atoms with Crippen LogP contribution in [0, 0.1) is 0 Å². The van der Waals surface area contributed by atoms with Crippen LogP contribution in [-0.4, -0.2) is 51.4 Å². The van der Waals surface area contributed by atoms with E-state index in [0.717, 1.165) is 9.87 Å². The standard InChI is InChI=1S/C33H35N3O6S/c1-4-34-33(38)25(2)35(23-26-12-11-15-30(22-26)41-3)32(37)24-36(43(39,40)31-16-9-6-10-17-31)27-18-20-29(21-19-27)42-28-13-7-5-8-14-28/h5-22,25H,4,23-24H2,1-3H3,(H,34,38)/t25-/m0/s1. The molecule has 0 bridgehead atoms. The third-order valence-corrected chi connectivity index (χ3v) is 8.51. The lowest BCUT2D eigenvalue weighted by molar-refractivity contribution is -0.139. The van der Waals surface area contributed by atoms with E-state index in [1.807, 2.05) is 36.4 Å². The van der Waals surface area contributed by atoms with Crippen molar-refractivity contribution in [2.45, 2.75) is 31.3 Å². The molecule has 4 rings (SSSR count). The predicted octanol–water partition coefficient (Wildman–Crippen LogP) is 5.24. The molecule has 0 radical (unpaired) electrons. The van der Waals surface area contributed by atoms with Crippen LogP contribution in [0.5, 0.6) is 17.2 Å². The molecule has 0 heterocycles. The number of ether oxygens (including phenoxy) is 2. The van der Waals surface area contributed by atoms with Crippen molar-refractivity contribution in [3.05, 3.63) is 115 Å². The Morgan fingerprint density at radius 2 is 1.42 bits per heavy atom. The number of hydrogen-bond donors (Lipinski definition) is 1. The van der Waals surface area contributed by atoms with Gasteiger partial charge in [-0.25, -0.2) is 8.42 Å². The smallest absolute Gasteiger partial charge is 0.264 e. The molecule has 4 aromatic rings. The average molecular weight is 602 g/mol. The van der Waals surface area contributed by atoms with Gasteiger partial charge in [-0.15, -0.1) is 0 Å². The van der Waals surface area contributed by atoms with E-state index in [1.54, 1.807) is 81.6 Å². The number of amides is 2. The fraction of sp³-hybridized carbons (Fsp3) is 0.212. The van der Waals surface area contributed by atoms with Gasteiger partial charge in [0.05, 0.1) is 17.7 Å². The quantitative estimate of drug-likeness (QED) is 0.225. The molecule has 1 atom stereocenters. The summed E-state index contributed by atoms with van der Waals surface area (Å²) in [4.78, 5) is 28.3. The summed E-state index contributed by atoms with van der Waals surface area (Å²) in [5.41, 5.74) is 0.994. The molecule has 2 amide bonds. The number of nitrogens with one attached hydrogen (secondary N) is 1. The second kappa shape index (κ2) is 14.4. The molecule has 224 valence electrons. The zero-order valence-electron chi connectivity index (χ0n) is 24.3. The number of hydrogen-bond acceptors (Lipinski definition) is 6. The van der Waals surface area contributed by atoms with Crippen molar-refractivity contribution in [3.63, 3.8) is 0 Å². The molecule has 4 aromatic carbocycles. The first-order chi connectivity index (χ1) is 20.7. The van der Waals surface area contributed by atoms with E-state index in [2.05, 4.69) is 5.32 Å². The number of anilines is 1. The van der Waals surface area contributed by atoms with Gasteiger partial charge >= 0.3 is 0 Å². The molecule has 0 saturated carbocycles. The van der Waals surface area contributed by atoms with Crippen LogP contribution in [0.4, 0.5) is 5.69 Å². The number of rotatable bonds is 13. The Hall–Kier alpha value is -4.83. The van der Waals surface area contributed by atoms with E-state index in [-0.39, 0.29) is 23.0 Å². The SMILES string of the molecule is CCNC(=O)[C@H](C)N(Cc1cccc(OC)c1)C(=O)CN(c1ccc(Oc2ccccc2)cc1)S(=O)(=O)c1ccccc1. The molecule has 43 heavy (non-hydrogen) atoms. The molecule has 0 aliphatic carbocycles. The third kappa shape index (κ3) is 7.92. The van der Waals surface area contributed by atoms with Gasteiger partial charge in [0.1, 0.15) is 29.8 Å². The van der Waals surface area contributed by atoms with Crippen molar-refractivity contribution in [2.75, 3.05) is 24.5 Å². The lowest BCUT2D eigenvalue weighted by Gasteiger charge is -2.32. The minimum absolute atomic E-state index is 0.0310. The van der Waals surface area contributed by atoms with Gasteiger partial charge in [0.25, 0.3) is 10.0 Å². The summed E-state index contributed by atoms with van der Waals surface area (Å²) in [6.45, 7) is 3.32. The number of likely N-dealkylation sites (N-methyl/N-ethyl adjacent to an activating group) is 1. The second-order valence-electron chi connectivity index (χ2n) is 9.68. The van der Waals surface area contributed by atoms with Crippen LogP contribution in [0.3, 0.4) is 0 Å². The Labute approximate surface area is 252 Å². The van der Waals surface area contributed by atoms with Crippen LogP contribution in [0.1, 0.15) is 19.4 Å². The van der Waals surface area contributed by atoms with Crippen molar-refractivity contribution in [1.29, 1.82) is 0 Å². The van der Waals surface area contributed by atoms with Crippen LogP contribution >= 0.6 is 0 Å². The third-order valence-electron chi connectivity index (χ3n) is 6.72. The van der Waals surface area contributed by atoms with Gasteiger partial charge in [0, 0.05) is 13.1 Å². The summed E-state index contributed by atoms with van der Waals surface area (Å²) < 4.78 is 40.1. The molecule has 0 aliphatic rings. The fourth-order valence-corrected chi connectivity index (χ4v) is 5.86. The van der Waals surface area contributed by atoms with Gasteiger partial charge in [-0.1, -0.05) is 48.5 Å². The number of nitrogens with zero attached hydrogens (tertiary/aromatic N) is 2. The maximum absolute atomic E-state index is 14.0. The first kappa shape index (κ1) is 31.1. The van der Waals surface area contributed by atoms with Gasteiger partial charge in [-0.3, -0.25) is 13.9 Å². The largest absolute Gasteiger partial charge is 0.497 e. The average Bonchev–Trinajstić information content (AvgIpc) is 3.03. The first-order valence-electron chi connectivity index (χ1n) is 13.8. The van der Waals surface area contributed by atoms with E-state index in [9.17, 15) is 18.0 Å².